The summed E-state index contributed by atoms with van der Waals surface area (Å²) in [6.45, 7) is 3.97. The number of rotatable bonds is 4. The van der Waals surface area contributed by atoms with E-state index in [2.05, 4.69) is 5.32 Å². The van der Waals surface area contributed by atoms with E-state index in [0.717, 1.165) is 0 Å². The number of halogens is 1. The number of nitrogens with two attached hydrogens (primary N) is 1. The van der Waals surface area contributed by atoms with Crippen molar-refractivity contribution in [2.24, 2.45) is 5.73 Å². The van der Waals surface area contributed by atoms with Crippen molar-refractivity contribution in [3.8, 4) is 0 Å². The van der Waals surface area contributed by atoms with Crippen LogP contribution >= 0.6 is 0 Å². The SMILES string of the molecule is CC1CN(CC(=O)Nc2cccc(F)c2)CC(CN)O1. The topological polar surface area (TPSA) is 67.6 Å². The van der Waals surface area contributed by atoms with Gasteiger partial charge in [-0.15, -0.1) is 0 Å². The number of hydrogen-bond acceptors (Lipinski definition) is 4. The highest BCUT2D eigenvalue weighted by Gasteiger charge is 2.25. The molecule has 1 aromatic carbocycles. The smallest absolute Gasteiger partial charge is 0.238 e. The molecule has 1 aliphatic rings. The lowest BCUT2D eigenvalue weighted by atomic mass is 10.2. The lowest BCUT2D eigenvalue weighted by molar-refractivity contribution is -0.121. The van der Waals surface area contributed by atoms with Gasteiger partial charge in [0, 0.05) is 25.3 Å². The molecule has 6 heteroatoms. The Morgan fingerprint density at radius 3 is 3.05 bits per heavy atom. The van der Waals surface area contributed by atoms with E-state index in [1.807, 2.05) is 11.8 Å². The molecule has 0 radical (unpaired) electrons. The van der Waals surface area contributed by atoms with Gasteiger partial charge in [0.2, 0.25) is 5.91 Å². The van der Waals surface area contributed by atoms with Crippen LogP contribution in [0.15, 0.2) is 24.3 Å². The number of ether oxygens (including phenoxy) is 1. The largest absolute Gasteiger partial charge is 0.371 e. The fraction of sp³-hybridized carbons (Fsp3) is 0.500. The molecule has 0 saturated carbocycles. The molecule has 5 nitrogen and oxygen atoms in total. The van der Waals surface area contributed by atoms with Gasteiger partial charge in [0.05, 0.1) is 18.8 Å². The summed E-state index contributed by atoms with van der Waals surface area (Å²) in [6.07, 6.45) is 0.0139. The first-order valence-corrected chi connectivity index (χ1v) is 6.70. The maximum Gasteiger partial charge on any atom is 0.238 e. The van der Waals surface area contributed by atoms with Crippen LogP contribution in [-0.4, -0.2) is 49.2 Å². The van der Waals surface area contributed by atoms with Gasteiger partial charge in [-0.2, -0.15) is 0 Å². The number of anilines is 1. The number of nitrogens with zero attached hydrogens (tertiary/aromatic N) is 1. The van der Waals surface area contributed by atoms with Crippen LogP contribution < -0.4 is 11.1 Å². The summed E-state index contributed by atoms with van der Waals surface area (Å²) in [5.74, 6) is -0.536. The highest BCUT2D eigenvalue weighted by Crippen LogP contribution is 2.12. The third-order valence-corrected chi connectivity index (χ3v) is 3.14. The number of carbonyl (C=O) groups is 1. The third kappa shape index (κ3) is 4.26. The van der Waals surface area contributed by atoms with Crippen molar-refractivity contribution in [1.29, 1.82) is 0 Å². The summed E-state index contributed by atoms with van der Waals surface area (Å²) >= 11 is 0. The van der Waals surface area contributed by atoms with Crippen molar-refractivity contribution in [1.82, 2.24) is 4.90 Å². The molecular formula is C14H20FN3O2. The molecule has 110 valence electrons. The monoisotopic (exact) mass is 281 g/mol. The highest BCUT2D eigenvalue weighted by molar-refractivity contribution is 5.92. The maximum absolute atomic E-state index is 13.0. The van der Waals surface area contributed by atoms with Crippen molar-refractivity contribution in [3.05, 3.63) is 30.1 Å². The van der Waals surface area contributed by atoms with E-state index in [0.29, 0.717) is 25.3 Å². The van der Waals surface area contributed by atoms with Crippen molar-refractivity contribution in [2.75, 3.05) is 31.5 Å². The van der Waals surface area contributed by atoms with Crippen molar-refractivity contribution >= 4 is 11.6 Å². The number of morpholine rings is 1. The van der Waals surface area contributed by atoms with Crippen molar-refractivity contribution < 1.29 is 13.9 Å². The molecule has 2 atom stereocenters. The fourth-order valence-corrected chi connectivity index (χ4v) is 2.37. The number of hydrogen-bond donors (Lipinski definition) is 2. The van der Waals surface area contributed by atoms with Gasteiger partial charge in [0.1, 0.15) is 5.82 Å². The first-order valence-electron chi connectivity index (χ1n) is 6.70. The van der Waals surface area contributed by atoms with Crippen LogP contribution in [0, 0.1) is 5.82 Å². The van der Waals surface area contributed by atoms with E-state index in [1.165, 1.54) is 12.1 Å². The molecule has 3 N–H and O–H groups in total. The molecule has 1 amide bonds. The molecule has 0 bridgehead atoms. The fourth-order valence-electron chi connectivity index (χ4n) is 2.37. The van der Waals surface area contributed by atoms with Crippen LogP contribution in [0.3, 0.4) is 0 Å². The van der Waals surface area contributed by atoms with Crippen LogP contribution in [0.2, 0.25) is 0 Å². The zero-order chi connectivity index (χ0) is 14.5. The molecule has 1 heterocycles. The Hall–Kier alpha value is -1.50. The van der Waals surface area contributed by atoms with Crippen LogP contribution in [0.1, 0.15) is 6.92 Å². The second-order valence-electron chi connectivity index (χ2n) is 5.06. The first-order chi connectivity index (χ1) is 9.56. The Kier molecular flexibility index (Phi) is 5.05. The van der Waals surface area contributed by atoms with E-state index >= 15 is 0 Å². The molecular weight excluding hydrogens is 261 g/mol. The van der Waals surface area contributed by atoms with Crippen LogP contribution in [0.4, 0.5) is 10.1 Å². The standard InChI is InChI=1S/C14H20FN3O2/c1-10-7-18(8-13(6-16)20-10)9-14(19)17-12-4-2-3-11(15)5-12/h2-5,10,13H,6-9,16H2,1H3,(H,17,19). The van der Waals surface area contributed by atoms with E-state index in [9.17, 15) is 9.18 Å². The summed E-state index contributed by atoms with van der Waals surface area (Å²) in [5.41, 5.74) is 6.07. The second-order valence-corrected chi connectivity index (χ2v) is 5.06. The zero-order valence-corrected chi connectivity index (χ0v) is 11.5. The molecule has 1 aliphatic heterocycles. The van der Waals surface area contributed by atoms with Crippen LogP contribution in [0.25, 0.3) is 0 Å². The minimum absolute atomic E-state index is 0.0410. The van der Waals surface area contributed by atoms with Gasteiger partial charge < -0.3 is 15.8 Å². The van der Waals surface area contributed by atoms with E-state index in [-0.39, 0.29) is 30.5 Å². The van der Waals surface area contributed by atoms with Gasteiger partial charge in [-0.25, -0.2) is 4.39 Å². The second kappa shape index (κ2) is 6.78. The maximum atomic E-state index is 13.0. The van der Waals surface area contributed by atoms with Crippen LogP contribution in [0.5, 0.6) is 0 Å². The van der Waals surface area contributed by atoms with E-state index in [1.54, 1.807) is 12.1 Å². The molecule has 1 fully saturated rings. The van der Waals surface area contributed by atoms with Crippen molar-refractivity contribution in [2.45, 2.75) is 19.1 Å². The van der Waals surface area contributed by atoms with Gasteiger partial charge in [-0.1, -0.05) is 6.07 Å². The molecule has 0 aliphatic carbocycles. The average Bonchev–Trinajstić information content (AvgIpc) is 2.37. The number of amides is 1. The Balaban J connectivity index is 1.87. The number of nitrogens with one attached hydrogen (secondary N) is 1. The van der Waals surface area contributed by atoms with Crippen molar-refractivity contribution in [3.63, 3.8) is 0 Å². The van der Waals surface area contributed by atoms with E-state index < -0.39 is 0 Å². The molecule has 0 aromatic heterocycles. The summed E-state index contributed by atoms with van der Waals surface area (Å²) in [7, 11) is 0. The lowest BCUT2D eigenvalue weighted by Gasteiger charge is -2.35. The van der Waals surface area contributed by atoms with Gasteiger partial charge in [0.15, 0.2) is 0 Å². The number of benzene rings is 1. The highest BCUT2D eigenvalue weighted by atomic mass is 19.1. The van der Waals surface area contributed by atoms with Gasteiger partial charge in [0.25, 0.3) is 0 Å². The average molecular weight is 281 g/mol. The molecule has 1 aromatic rings. The Morgan fingerprint density at radius 1 is 1.55 bits per heavy atom. The summed E-state index contributed by atoms with van der Waals surface area (Å²) in [4.78, 5) is 13.9. The summed E-state index contributed by atoms with van der Waals surface area (Å²) in [5, 5.41) is 2.69. The zero-order valence-electron chi connectivity index (χ0n) is 11.5. The predicted molar refractivity (Wildman–Crippen MR) is 74.9 cm³/mol. The normalized spacial score (nSPS) is 23.6. The molecule has 2 unspecified atom stereocenters. The Morgan fingerprint density at radius 2 is 2.35 bits per heavy atom. The van der Waals surface area contributed by atoms with Gasteiger partial charge >= 0.3 is 0 Å². The molecule has 0 spiro atoms. The minimum Gasteiger partial charge on any atom is -0.371 e. The van der Waals surface area contributed by atoms with Gasteiger partial charge in [-0.05, 0) is 25.1 Å². The molecule has 20 heavy (non-hydrogen) atoms. The Bertz CT molecular complexity index is 469. The Labute approximate surface area is 117 Å². The van der Waals surface area contributed by atoms with Gasteiger partial charge in [-0.3, -0.25) is 9.69 Å². The summed E-state index contributed by atoms with van der Waals surface area (Å²) in [6, 6.07) is 5.85. The molecule has 2 rings (SSSR count). The quantitative estimate of drug-likeness (QED) is 0.857. The predicted octanol–water partition coefficient (Wildman–Crippen LogP) is 0.812. The third-order valence-electron chi connectivity index (χ3n) is 3.14. The first kappa shape index (κ1) is 14.9. The lowest BCUT2D eigenvalue weighted by Crippen LogP contribution is -2.51. The van der Waals surface area contributed by atoms with E-state index in [4.69, 9.17) is 10.5 Å². The minimum atomic E-state index is -0.369. The summed E-state index contributed by atoms with van der Waals surface area (Å²) < 4.78 is 18.7. The molecule has 1 saturated heterocycles. The number of carbonyl (C=O) groups excluding carboxylic acids is 1. The van der Waals surface area contributed by atoms with Crippen LogP contribution in [-0.2, 0) is 9.53 Å².